The Morgan fingerprint density at radius 1 is 1.06 bits per heavy atom. The number of benzene rings is 2. The van der Waals surface area contributed by atoms with Crippen molar-refractivity contribution in [3.8, 4) is 5.75 Å². The van der Waals surface area contributed by atoms with Crippen molar-refractivity contribution < 1.29 is 9.53 Å². The van der Waals surface area contributed by atoms with E-state index in [1.165, 1.54) is 17.3 Å². The van der Waals surface area contributed by atoms with Gasteiger partial charge in [-0.25, -0.2) is 0 Å². The van der Waals surface area contributed by atoms with Crippen molar-refractivity contribution >= 4 is 29.3 Å². The quantitative estimate of drug-likeness (QED) is 0.449. The third-order valence-electron chi connectivity index (χ3n) is 5.94. The number of halogens is 1. The largest absolute Gasteiger partial charge is 0.484 e. The average Bonchev–Trinajstić information content (AvgIpc) is 3.21. The summed E-state index contributed by atoms with van der Waals surface area (Å²) >= 11 is 7.54. The van der Waals surface area contributed by atoms with E-state index in [1.54, 1.807) is 6.07 Å². The van der Waals surface area contributed by atoms with Crippen LogP contribution in [0.1, 0.15) is 24.4 Å². The monoisotopic (exact) mass is 485 g/mol. The molecule has 174 valence electrons. The molecule has 0 bridgehead atoms. The van der Waals surface area contributed by atoms with Gasteiger partial charge in [-0.05, 0) is 24.6 Å². The predicted octanol–water partition coefficient (Wildman–Crippen LogP) is 4.05. The molecule has 1 aliphatic rings. The number of thioether (sulfide) groups is 1. The Kier molecular flexibility index (Phi) is 7.90. The lowest BCUT2D eigenvalue weighted by Gasteiger charge is -2.38. The van der Waals surface area contributed by atoms with Crippen LogP contribution < -0.4 is 4.74 Å². The third-order valence-corrected chi connectivity index (χ3v) is 7.26. The number of para-hydroxylation sites is 1. The second-order valence-corrected chi connectivity index (χ2v) is 9.32. The molecule has 1 fully saturated rings. The maximum atomic E-state index is 12.8. The summed E-state index contributed by atoms with van der Waals surface area (Å²) in [6, 6.07) is 18.2. The number of carbonyl (C=O) groups is 1. The average molecular weight is 486 g/mol. The van der Waals surface area contributed by atoms with E-state index in [0.29, 0.717) is 33.5 Å². The van der Waals surface area contributed by atoms with Crippen LogP contribution in [-0.2, 0) is 18.4 Å². The normalized spacial score (nSPS) is 15.4. The fourth-order valence-electron chi connectivity index (χ4n) is 3.82. The van der Waals surface area contributed by atoms with Gasteiger partial charge in [0.05, 0.1) is 10.8 Å². The number of hydrogen-bond acceptors (Lipinski definition) is 6. The molecular weight excluding hydrogens is 458 g/mol. The molecule has 2 aromatic carbocycles. The molecule has 0 radical (unpaired) electrons. The smallest absolute Gasteiger partial charge is 0.233 e. The predicted molar refractivity (Wildman–Crippen MR) is 131 cm³/mol. The van der Waals surface area contributed by atoms with Gasteiger partial charge in [0.15, 0.2) is 11.0 Å². The van der Waals surface area contributed by atoms with Crippen LogP contribution in [0.3, 0.4) is 0 Å². The van der Waals surface area contributed by atoms with E-state index < -0.39 is 0 Å². The van der Waals surface area contributed by atoms with E-state index >= 15 is 0 Å². The third kappa shape index (κ3) is 5.88. The van der Waals surface area contributed by atoms with Gasteiger partial charge in [0.2, 0.25) is 5.91 Å². The van der Waals surface area contributed by atoms with Crippen LogP contribution in [0.15, 0.2) is 59.8 Å². The first-order chi connectivity index (χ1) is 16.0. The van der Waals surface area contributed by atoms with Gasteiger partial charge in [-0.2, -0.15) is 0 Å². The number of amides is 1. The lowest BCUT2D eigenvalue weighted by atomic mass is 10.1. The minimum atomic E-state index is 0.129. The number of piperazine rings is 1. The fraction of sp³-hybridized carbons (Fsp3) is 0.375. The van der Waals surface area contributed by atoms with E-state index in [0.717, 1.165) is 26.2 Å². The summed E-state index contributed by atoms with van der Waals surface area (Å²) in [6.07, 6.45) is 0. The van der Waals surface area contributed by atoms with Crippen molar-refractivity contribution in [1.82, 2.24) is 24.6 Å². The molecular formula is C24H28ClN5O2S. The van der Waals surface area contributed by atoms with Crippen LogP contribution in [0.2, 0.25) is 5.02 Å². The summed E-state index contributed by atoms with van der Waals surface area (Å²) in [5.41, 5.74) is 1.31. The van der Waals surface area contributed by atoms with Gasteiger partial charge < -0.3 is 14.2 Å². The molecule has 2 heterocycles. The van der Waals surface area contributed by atoms with Crippen LogP contribution in [-0.4, -0.2) is 62.4 Å². The lowest BCUT2D eigenvalue weighted by Crippen LogP contribution is -2.49. The first kappa shape index (κ1) is 23.6. The Morgan fingerprint density at radius 2 is 1.76 bits per heavy atom. The van der Waals surface area contributed by atoms with Crippen molar-refractivity contribution in [2.45, 2.75) is 24.7 Å². The molecule has 33 heavy (non-hydrogen) atoms. The summed E-state index contributed by atoms with van der Waals surface area (Å²) in [5.74, 6) is 1.75. The Morgan fingerprint density at radius 3 is 2.48 bits per heavy atom. The number of hydrogen-bond donors (Lipinski definition) is 0. The van der Waals surface area contributed by atoms with Crippen LogP contribution in [0, 0.1) is 0 Å². The summed E-state index contributed by atoms with van der Waals surface area (Å²) < 4.78 is 7.61. The number of aromatic nitrogens is 3. The molecule has 1 amide bonds. The highest BCUT2D eigenvalue weighted by atomic mass is 35.5. The molecule has 0 spiro atoms. The van der Waals surface area contributed by atoms with Crippen molar-refractivity contribution in [1.29, 1.82) is 0 Å². The van der Waals surface area contributed by atoms with Crippen LogP contribution >= 0.6 is 23.4 Å². The summed E-state index contributed by atoms with van der Waals surface area (Å²) in [4.78, 5) is 17.1. The molecule has 0 N–H and O–H groups in total. The van der Waals surface area contributed by atoms with E-state index in [2.05, 4.69) is 46.3 Å². The van der Waals surface area contributed by atoms with Crippen molar-refractivity contribution in [3.63, 3.8) is 0 Å². The van der Waals surface area contributed by atoms with Gasteiger partial charge >= 0.3 is 0 Å². The lowest BCUT2D eigenvalue weighted by molar-refractivity contribution is -0.130. The first-order valence-corrected chi connectivity index (χ1v) is 12.3. The van der Waals surface area contributed by atoms with Crippen LogP contribution in [0.25, 0.3) is 0 Å². The van der Waals surface area contributed by atoms with Crippen molar-refractivity contribution in [2.75, 3.05) is 31.9 Å². The van der Waals surface area contributed by atoms with E-state index in [9.17, 15) is 4.79 Å². The number of carbonyl (C=O) groups excluding carboxylic acids is 1. The molecule has 0 unspecified atom stereocenters. The number of ether oxygens (including phenoxy) is 1. The minimum absolute atomic E-state index is 0.129. The Labute approximate surface area is 203 Å². The highest BCUT2D eigenvalue weighted by Crippen LogP contribution is 2.25. The Hall–Kier alpha value is -2.55. The number of nitrogens with zero attached hydrogens (tertiary/aromatic N) is 5. The summed E-state index contributed by atoms with van der Waals surface area (Å²) in [6.45, 7) is 5.71. The van der Waals surface area contributed by atoms with Gasteiger partial charge in [0.1, 0.15) is 12.4 Å². The molecule has 1 saturated heterocycles. The number of rotatable bonds is 8. The van der Waals surface area contributed by atoms with Crippen molar-refractivity contribution in [3.05, 3.63) is 71.0 Å². The molecule has 0 saturated carbocycles. The fourth-order valence-corrected chi connectivity index (χ4v) is 4.84. The summed E-state index contributed by atoms with van der Waals surface area (Å²) in [5, 5.41) is 9.67. The van der Waals surface area contributed by atoms with Gasteiger partial charge in [0.25, 0.3) is 0 Å². The zero-order valence-corrected chi connectivity index (χ0v) is 20.4. The highest BCUT2D eigenvalue weighted by molar-refractivity contribution is 7.99. The molecule has 9 heteroatoms. The zero-order chi connectivity index (χ0) is 23.2. The zero-order valence-electron chi connectivity index (χ0n) is 18.9. The highest BCUT2D eigenvalue weighted by Gasteiger charge is 2.25. The second-order valence-electron chi connectivity index (χ2n) is 7.97. The minimum Gasteiger partial charge on any atom is -0.484 e. The molecule has 0 aliphatic carbocycles. The SMILES string of the molecule is C[C@H](c1ccccc1)N1CCN(C(=O)CSc2nnc(COc3ccccc3Cl)n2C)CC1. The van der Waals surface area contributed by atoms with Crippen LogP contribution in [0.4, 0.5) is 0 Å². The molecule has 1 atom stereocenters. The van der Waals surface area contributed by atoms with Gasteiger partial charge in [-0.1, -0.05) is 65.8 Å². The summed E-state index contributed by atoms with van der Waals surface area (Å²) in [7, 11) is 1.88. The van der Waals surface area contributed by atoms with Crippen LogP contribution in [0.5, 0.6) is 5.75 Å². The second kappa shape index (κ2) is 11.0. The first-order valence-electron chi connectivity index (χ1n) is 11.0. The van der Waals surface area contributed by atoms with Gasteiger partial charge in [-0.15, -0.1) is 10.2 Å². The molecule has 3 aromatic rings. The van der Waals surface area contributed by atoms with Crippen molar-refractivity contribution in [2.24, 2.45) is 7.05 Å². The maximum Gasteiger partial charge on any atom is 0.233 e. The standard InChI is InChI=1S/C24H28ClN5O2S/c1-18(19-8-4-3-5-9-19)29-12-14-30(15-13-29)23(31)17-33-24-27-26-22(28(24)2)16-32-21-11-7-6-10-20(21)25/h3-11,18H,12-17H2,1-2H3/t18-/m1/s1. The molecule has 1 aliphatic heterocycles. The van der Waals surface area contributed by atoms with Gasteiger partial charge in [-0.3, -0.25) is 9.69 Å². The maximum absolute atomic E-state index is 12.8. The van der Waals surface area contributed by atoms with E-state index in [4.69, 9.17) is 16.3 Å². The topological polar surface area (TPSA) is 63.5 Å². The Balaban J connectivity index is 1.24. The molecule has 7 nitrogen and oxygen atoms in total. The van der Waals surface area contributed by atoms with Gasteiger partial charge in [0, 0.05) is 39.3 Å². The molecule has 1 aromatic heterocycles. The van der Waals surface area contributed by atoms with E-state index in [-0.39, 0.29) is 12.5 Å². The Bertz CT molecular complexity index is 1070. The van der Waals surface area contributed by atoms with E-state index in [1.807, 2.05) is 40.8 Å². The molecule has 4 rings (SSSR count).